The average molecular weight is 392 g/mol. The lowest BCUT2D eigenvalue weighted by molar-refractivity contribution is -0.384. The predicted octanol–water partition coefficient (Wildman–Crippen LogP) is 5.19. The Morgan fingerprint density at radius 2 is 1.48 bits per heavy atom. The number of hydrogen-bond acceptors (Lipinski definition) is 3. The monoisotopic (exact) mass is 392 g/mol. The third-order valence-corrected chi connectivity index (χ3v) is 3.52. The summed E-state index contributed by atoms with van der Waals surface area (Å²) in [6.07, 6.45) is -10.1. The molecule has 0 heterocycles. The number of aryl methyl sites for hydroxylation is 1. The van der Waals surface area contributed by atoms with Gasteiger partial charge in [-0.1, -0.05) is 6.07 Å². The third-order valence-electron chi connectivity index (χ3n) is 3.52. The minimum atomic E-state index is -5.07. The van der Waals surface area contributed by atoms with E-state index >= 15 is 0 Å². The summed E-state index contributed by atoms with van der Waals surface area (Å²) in [6.45, 7) is 1.41. The minimum absolute atomic E-state index is 0.0751. The van der Waals surface area contributed by atoms with E-state index in [1.165, 1.54) is 13.0 Å². The SMILES string of the molecule is Cc1ccc([N+](=O)[O-])cc1C(=O)Nc1cc(C(F)(F)F)cc(C(F)(F)F)c1. The highest BCUT2D eigenvalue weighted by Crippen LogP contribution is 2.37. The van der Waals surface area contributed by atoms with Crippen LogP contribution in [-0.2, 0) is 12.4 Å². The van der Waals surface area contributed by atoms with Crippen molar-refractivity contribution in [2.45, 2.75) is 19.3 Å². The molecule has 0 fully saturated rings. The molecule has 0 radical (unpaired) electrons. The van der Waals surface area contributed by atoms with Crippen molar-refractivity contribution in [3.8, 4) is 0 Å². The first kappa shape index (κ1) is 20.2. The number of alkyl halides is 6. The molecule has 2 aromatic carbocycles. The largest absolute Gasteiger partial charge is 0.416 e. The third kappa shape index (κ3) is 4.74. The summed E-state index contributed by atoms with van der Waals surface area (Å²) in [7, 11) is 0. The van der Waals surface area contributed by atoms with Gasteiger partial charge in [-0.3, -0.25) is 14.9 Å². The first-order chi connectivity index (χ1) is 12.3. The first-order valence-corrected chi connectivity index (χ1v) is 7.15. The predicted molar refractivity (Wildman–Crippen MR) is 82.2 cm³/mol. The van der Waals surface area contributed by atoms with Crippen LogP contribution in [0.3, 0.4) is 0 Å². The van der Waals surface area contributed by atoms with Gasteiger partial charge in [0.25, 0.3) is 11.6 Å². The molecule has 2 aromatic rings. The van der Waals surface area contributed by atoms with E-state index in [9.17, 15) is 41.3 Å². The smallest absolute Gasteiger partial charge is 0.322 e. The molecule has 0 spiro atoms. The van der Waals surface area contributed by atoms with E-state index in [4.69, 9.17) is 0 Å². The Hall–Kier alpha value is -3.11. The quantitative estimate of drug-likeness (QED) is 0.444. The number of anilines is 1. The number of carbonyl (C=O) groups excluding carboxylic acids is 1. The van der Waals surface area contributed by atoms with Crippen LogP contribution < -0.4 is 5.32 Å². The molecule has 0 saturated carbocycles. The van der Waals surface area contributed by atoms with Gasteiger partial charge in [0.05, 0.1) is 16.1 Å². The molecule has 0 unspecified atom stereocenters. The van der Waals surface area contributed by atoms with Gasteiger partial charge in [0.2, 0.25) is 0 Å². The molecule has 144 valence electrons. The normalized spacial score (nSPS) is 12.0. The maximum atomic E-state index is 12.8. The van der Waals surface area contributed by atoms with Gasteiger partial charge in [-0.2, -0.15) is 26.3 Å². The van der Waals surface area contributed by atoms with E-state index in [1.54, 1.807) is 0 Å². The maximum absolute atomic E-state index is 12.8. The van der Waals surface area contributed by atoms with E-state index in [1.807, 2.05) is 5.32 Å². The van der Waals surface area contributed by atoms with Gasteiger partial charge in [0, 0.05) is 23.4 Å². The zero-order chi connectivity index (χ0) is 20.6. The number of nitro groups is 1. The van der Waals surface area contributed by atoms with Gasteiger partial charge >= 0.3 is 12.4 Å². The highest BCUT2D eigenvalue weighted by molar-refractivity contribution is 6.05. The molecule has 1 N–H and O–H groups in total. The molecular weight excluding hydrogens is 382 g/mol. The molecule has 0 atom stereocenters. The molecule has 0 aromatic heterocycles. The van der Waals surface area contributed by atoms with Crippen LogP contribution in [-0.4, -0.2) is 10.8 Å². The lowest BCUT2D eigenvalue weighted by Crippen LogP contribution is -2.16. The molecule has 27 heavy (non-hydrogen) atoms. The average Bonchev–Trinajstić information content (AvgIpc) is 2.53. The molecule has 0 aliphatic carbocycles. The Bertz CT molecular complexity index is 874. The second kappa shape index (κ2) is 6.89. The number of carbonyl (C=O) groups is 1. The summed E-state index contributed by atoms with van der Waals surface area (Å²) in [6, 6.07) is 3.84. The highest BCUT2D eigenvalue weighted by Gasteiger charge is 2.37. The van der Waals surface area contributed by atoms with Crippen LogP contribution in [0.25, 0.3) is 0 Å². The summed E-state index contributed by atoms with van der Waals surface area (Å²) >= 11 is 0. The van der Waals surface area contributed by atoms with Crippen LogP contribution >= 0.6 is 0 Å². The number of nitrogens with zero attached hydrogens (tertiary/aromatic N) is 1. The van der Waals surface area contributed by atoms with Crippen molar-refractivity contribution in [2.24, 2.45) is 0 Å². The van der Waals surface area contributed by atoms with Crippen molar-refractivity contribution in [3.63, 3.8) is 0 Å². The fourth-order valence-corrected chi connectivity index (χ4v) is 2.19. The van der Waals surface area contributed by atoms with Gasteiger partial charge in [-0.15, -0.1) is 0 Å². The molecule has 0 bridgehead atoms. The number of rotatable bonds is 3. The lowest BCUT2D eigenvalue weighted by Gasteiger charge is -2.15. The molecule has 2 rings (SSSR count). The van der Waals surface area contributed by atoms with Crippen molar-refractivity contribution >= 4 is 17.3 Å². The molecule has 0 saturated heterocycles. The van der Waals surface area contributed by atoms with Crippen molar-refractivity contribution in [1.82, 2.24) is 0 Å². The molecular formula is C16H10F6N2O3. The molecule has 0 aliphatic rings. The standard InChI is InChI=1S/C16H10F6N2O3/c1-8-2-3-12(24(26)27)7-13(8)14(25)23-11-5-9(15(17,18)19)4-10(6-11)16(20,21)22/h2-7H,1H3,(H,23,25). The Balaban J connectivity index is 2.46. The summed E-state index contributed by atoms with van der Waals surface area (Å²) in [5.41, 5.74) is -4.39. The van der Waals surface area contributed by atoms with Gasteiger partial charge in [-0.25, -0.2) is 0 Å². The minimum Gasteiger partial charge on any atom is -0.322 e. The van der Waals surface area contributed by atoms with Gasteiger partial charge < -0.3 is 5.32 Å². The molecule has 0 aliphatic heterocycles. The fraction of sp³-hybridized carbons (Fsp3) is 0.188. The van der Waals surface area contributed by atoms with Gasteiger partial charge in [0.1, 0.15) is 0 Å². The number of nitrogens with one attached hydrogen (secondary N) is 1. The van der Waals surface area contributed by atoms with Crippen molar-refractivity contribution < 1.29 is 36.1 Å². The van der Waals surface area contributed by atoms with Gasteiger partial charge in [0.15, 0.2) is 0 Å². The molecule has 5 nitrogen and oxygen atoms in total. The Morgan fingerprint density at radius 3 is 1.93 bits per heavy atom. The number of amides is 1. The van der Waals surface area contributed by atoms with Crippen LogP contribution in [0.4, 0.5) is 37.7 Å². The maximum Gasteiger partial charge on any atom is 0.416 e. The number of hydrogen-bond donors (Lipinski definition) is 1. The number of halogens is 6. The van der Waals surface area contributed by atoms with Crippen molar-refractivity contribution in [1.29, 1.82) is 0 Å². The summed E-state index contributed by atoms with van der Waals surface area (Å²) in [5.74, 6) is -1.08. The number of non-ortho nitro benzene ring substituents is 1. The Kier molecular flexibility index (Phi) is 5.16. The van der Waals surface area contributed by atoms with E-state index in [-0.39, 0.29) is 17.2 Å². The van der Waals surface area contributed by atoms with Crippen LogP contribution in [0, 0.1) is 17.0 Å². The number of benzene rings is 2. The highest BCUT2D eigenvalue weighted by atomic mass is 19.4. The first-order valence-electron chi connectivity index (χ1n) is 7.15. The van der Waals surface area contributed by atoms with Crippen LogP contribution in [0.1, 0.15) is 27.0 Å². The number of nitro benzene ring substituents is 1. The second-order valence-corrected chi connectivity index (χ2v) is 5.51. The lowest BCUT2D eigenvalue weighted by atomic mass is 10.1. The molecule has 11 heteroatoms. The van der Waals surface area contributed by atoms with Crippen molar-refractivity contribution in [2.75, 3.05) is 5.32 Å². The fourth-order valence-electron chi connectivity index (χ4n) is 2.19. The van der Waals surface area contributed by atoms with E-state index < -0.39 is 45.7 Å². The Labute approximate surface area is 147 Å². The van der Waals surface area contributed by atoms with Crippen LogP contribution in [0.15, 0.2) is 36.4 Å². The van der Waals surface area contributed by atoms with E-state index in [2.05, 4.69) is 0 Å². The summed E-state index contributed by atoms with van der Waals surface area (Å²) in [4.78, 5) is 22.2. The second-order valence-electron chi connectivity index (χ2n) is 5.51. The summed E-state index contributed by atoms with van der Waals surface area (Å²) in [5, 5.41) is 12.7. The zero-order valence-corrected chi connectivity index (χ0v) is 13.4. The van der Waals surface area contributed by atoms with Crippen LogP contribution in [0.5, 0.6) is 0 Å². The van der Waals surface area contributed by atoms with E-state index in [0.717, 1.165) is 12.1 Å². The Morgan fingerprint density at radius 1 is 0.963 bits per heavy atom. The van der Waals surface area contributed by atoms with Gasteiger partial charge in [-0.05, 0) is 30.7 Å². The van der Waals surface area contributed by atoms with Crippen LogP contribution in [0.2, 0.25) is 0 Å². The molecule has 1 amide bonds. The topological polar surface area (TPSA) is 72.2 Å². The van der Waals surface area contributed by atoms with E-state index in [0.29, 0.717) is 12.1 Å². The summed E-state index contributed by atoms with van der Waals surface area (Å²) < 4.78 is 77.1. The van der Waals surface area contributed by atoms with Crippen molar-refractivity contribution in [3.05, 3.63) is 68.8 Å². The zero-order valence-electron chi connectivity index (χ0n) is 13.4.